The third-order valence-electron chi connectivity index (χ3n) is 4.01. The molecule has 1 saturated heterocycles. The molecule has 0 aromatic rings. The Morgan fingerprint density at radius 2 is 1.92 bits per heavy atom. The lowest BCUT2D eigenvalue weighted by Crippen LogP contribution is -2.44. The minimum Gasteiger partial charge on any atom is -0.444 e. The number of hydrogen-bond donors (Lipinski definition) is 3. The molecule has 0 atom stereocenters. The van der Waals surface area contributed by atoms with Crippen LogP contribution in [0.25, 0.3) is 0 Å². The number of amidine groups is 1. The van der Waals surface area contributed by atoms with Gasteiger partial charge in [0, 0.05) is 26.1 Å². The molecule has 3 aliphatic rings. The van der Waals surface area contributed by atoms with Gasteiger partial charge in [0.2, 0.25) is 5.91 Å². The average Bonchev–Trinajstić information content (AvgIpc) is 3.15. The number of nitrogens with one attached hydrogen (secondary N) is 3. The zero-order valence-electron chi connectivity index (χ0n) is 15.7. The molecule has 3 aliphatic heterocycles. The van der Waals surface area contributed by atoms with Gasteiger partial charge < -0.3 is 15.0 Å². The number of nitrogens with zero attached hydrogens (tertiary/aromatic N) is 3. The second-order valence-corrected chi connectivity index (χ2v) is 7.47. The lowest BCUT2D eigenvalue weighted by Gasteiger charge is -2.30. The Morgan fingerprint density at radius 3 is 2.54 bits per heavy atom. The maximum absolute atomic E-state index is 12.2. The first-order valence-corrected chi connectivity index (χ1v) is 8.83. The van der Waals surface area contributed by atoms with E-state index in [-0.39, 0.29) is 5.91 Å². The fraction of sp³-hybridized carbons (Fsp3) is 0.588. The summed E-state index contributed by atoms with van der Waals surface area (Å²) in [5, 5.41) is 7.25. The first-order valence-electron chi connectivity index (χ1n) is 8.83. The standard InChI is InChI=1S/C17H26N6O3/c1-11(24)19-12-10-18-23-14(21-16(25)26-17(2,3)4)9-13(20-15(12)23)22-7-5-6-8-22/h9,18H,5-8,10H2,1-4H3,(H,19,24)(H,21,25). The van der Waals surface area contributed by atoms with E-state index in [0.29, 0.717) is 23.9 Å². The number of alkyl carbamates (subject to hydrolysis) is 1. The summed E-state index contributed by atoms with van der Waals surface area (Å²) >= 11 is 0. The molecular weight excluding hydrogens is 336 g/mol. The molecule has 9 heteroatoms. The van der Waals surface area contributed by atoms with E-state index in [0.717, 1.165) is 31.8 Å². The van der Waals surface area contributed by atoms with Crippen molar-refractivity contribution in [1.82, 2.24) is 26.0 Å². The highest BCUT2D eigenvalue weighted by atomic mass is 16.6. The van der Waals surface area contributed by atoms with Crippen molar-refractivity contribution >= 4 is 17.8 Å². The van der Waals surface area contributed by atoms with Gasteiger partial charge in [-0.2, -0.15) is 0 Å². The van der Waals surface area contributed by atoms with E-state index in [9.17, 15) is 9.59 Å². The molecule has 3 N–H and O–H groups in total. The van der Waals surface area contributed by atoms with Crippen LogP contribution in [0.2, 0.25) is 0 Å². The summed E-state index contributed by atoms with van der Waals surface area (Å²) in [6.45, 7) is 9.16. The lowest BCUT2D eigenvalue weighted by atomic mass is 10.2. The molecule has 1 fully saturated rings. The molecule has 0 aromatic heterocycles. The molecule has 0 saturated carbocycles. The zero-order valence-corrected chi connectivity index (χ0v) is 15.7. The fourth-order valence-corrected chi connectivity index (χ4v) is 3.01. The van der Waals surface area contributed by atoms with Crippen LogP contribution < -0.4 is 16.1 Å². The Bertz CT molecular complexity index is 698. The summed E-state index contributed by atoms with van der Waals surface area (Å²) < 4.78 is 5.36. The van der Waals surface area contributed by atoms with Gasteiger partial charge in [0.15, 0.2) is 5.82 Å². The largest absolute Gasteiger partial charge is 0.444 e. The molecule has 0 spiro atoms. The highest BCUT2D eigenvalue weighted by molar-refractivity contribution is 5.96. The Kier molecular flexibility index (Phi) is 4.90. The molecule has 0 unspecified atom stereocenters. The van der Waals surface area contributed by atoms with E-state index in [1.54, 1.807) is 5.01 Å². The number of carbonyl (C=O) groups excluding carboxylic acids is 2. The maximum Gasteiger partial charge on any atom is 0.413 e. The molecule has 0 aromatic carbocycles. The molecule has 3 rings (SSSR count). The smallest absolute Gasteiger partial charge is 0.413 e. The van der Waals surface area contributed by atoms with Crippen molar-refractivity contribution in [3.05, 3.63) is 23.4 Å². The summed E-state index contributed by atoms with van der Waals surface area (Å²) in [6, 6.07) is 0. The van der Waals surface area contributed by atoms with Crippen LogP contribution in [0.1, 0.15) is 40.5 Å². The number of amides is 2. The van der Waals surface area contributed by atoms with Gasteiger partial charge in [-0.1, -0.05) is 0 Å². The van der Waals surface area contributed by atoms with Crippen LogP contribution in [0.3, 0.4) is 0 Å². The second-order valence-electron chi connectivity index (χ2n) is 7.47. The van der Waals surface area contributed by atoms with E-state index in [1.165, 1.54) is 6.92 Å². The second kappa shape index (κ2) is 6.99. The van der Waals surface area contributed by atoms with Gasteiger partial charge in [0.1, 0.15) is 17.3 Å². The minimum atomic E-state index is -0.594. The van der Waals surface area contributed by atoms with Crippen LogP contribution in [0.4, 0.5) is 4.79 Å². The number of rotatable bonds is 2. The monoisotopic (exact) mass is 362 g/mol. The van der Waals surface area contributed by atoms with Gasteiger partial charge in [-0.05, 0) is 33.6 Å². The number of carbonyl (C=O) groups is 2. The van der Waals surface area contributed by atoms with Crippen LogP contribution in [0.5, 0.6) is 0 Å². The van der Waals surface area contributed by atoms with Gasteiger partial charge in [-0.15, -0.1) is 0 Å². The highest BCUT2D eigenvalue weighted by Gasteiger charge is 2.32. The van der Waals surface area contributed by atoms with Crippen molar-refractivity contribution in [3.8, 4) is 0 Å². The molecule has 26 heavy (non-hydrogen) atoms. The SMILES string of the molecule is CC(=O)NC1=C2N=C(N3CCCC3)C=C(NC(=O)OC(C)(C)C)N2NC1. The van der Waals surface area contributed by atoms with Gasteiger partial charge in [-0.3, -0.25) is 10.1 Å². The van der Waals surface area contributed by atoms with E-state index in [4.69, 9.17) is 9.73 Å². The Balaban J connectivity index is 1.87. The van der Waals surface area contributed by atoms with Crippen LogP contribution in [-0.4, -0.2) is 53.0 Å². The molecule has 2 amide bonds. The number of fused-ring (bicyclic) bond motifs is 1. The van der Waals surface area contributed by atoms with Crippen molar-refractivity contribution in [2.24, 2.45) is 4.99 Å². The van der Waals surface area contributed by atoms with E-state index < -0.39 is 11.7 Å². The summed E-state index contributed by atoms with van der Waals surface area (Å²) in [5.41, 5.74) is 3.20. The lowest BCUT2D eigenvalue weighted by molar-refractivity contribution is -0.118. The van der Waals surface area contributed by atoms with Crippen LogP contribution in [0, 0.1) is 0 Å². The quantitative estimate of drug-likeness (QED) is 0.678. The summed E-state index contributed by atoms with van der Waals surface area (Å²) in [5.74, 6) is 1.71. The first kappa shape index (κ1) is 18.2. The van der Waals surface area contributed by atoms with E-state index >= 15 is 0 Å². The summed E-state index contributed by atoms with van der Waals surface area (Å²) in [4.78, 5) is 30.6. The van der Waals surface area contributed by atoms with E-state index in [1.807, 2.05) is 26.8 Å². The number of ether oxygens (including phenoxy) is 1. The van der Waals surface area contributed by atoms with Crippen molar-refractivity contribution < 1.29 is 14.3 Å². The van der Waals surface area contributed by atoms with Crippen molar-refractivity contribution in [2.75, 3.05) is 19.6 Å². The average molecular weight is 362 g/mol. The third-order valence-corrected chi connectivity index (χ3v) is 4.01. The van der Waals surface area contributed by atoms with Gasteiger partial charge in [0.05, 0.1) is 12.2 Å². The fourth-order valence-electron chi connectivity index (χ4n) is 3.01. The molecule has 0 radical (unpaired) electrons. The molecule has 0 bridgehead atoms. The molecular formula is C17H26N6O3. The van der Waals surface area contributed by atoms with Gasteiger partial charge in [0.25, 0.3) is 0 Å². The Morgan fingerprint density at radius 1 is 1.23 bits per heavy atom. The summed E-state index contributed by atoms with van der Waals surface area (Å²) in [6.07, 6.45) is 3.51. The number of hydrazine groups is 1. The molecule has 142 valence electrons. The van der Waals surface area contributed by atoms with E-state index in [2.05, 4.69) is 21.0 Å². The van der Waals surface area contributed by atoms with Crippen LogP contribution >= 0.6 is 0 Å². The van der Waals surface area contributed by atoms with Crippen molar-refractivity contribution in [3.63, 3.8) is 0 Å². The summed E-state index contributed by atoms with van der Waals surface area (Å²) in [7, 11) is 0. The normalized spacial score (nSPS) is 19.8. The number of aliphatic imine (C=N–C) groups is 1. The third kappa shape index (κ3) is 4.16. The van der Waals surface area contributed by atoms with Crippen molar-refractivity contribution in [2.45, 2.75) is 46.1 Å². The molecule has 0 aliphatic carbocycles. The van der Waals surface area contributed by atoms with Gasteiger partial charge in [-0.25, -0.2) is 20.2 Å². The van der Waals surface area contributed by atoms with Crippen molar-refractivity contribution in [1.29, 1.82) is 0 Å². The Hall–Kier alpha value is -2.55. The minimum absolute atomic E-state index is 0.162. The number of hydrogen-bond acceptors (Lipinski definition) is 7. The van der Waals surface area contributed by atoms with Crippen LogP contribution in [-0.2, 0) is 9.53 Å². The van der Waals surface area contributed by atoms with Gasteiger partial charge >= 0.3 is 6.09 Å². The molecule has 9 nitrogen and oxygen atoms in total. The zero-order chi connectivity index (χ0) is 18.9. The predicted octanol–water partition coefficient (Wildman–Crippen LogP) is 0.986. The Labute approximate surface area is 153 Å². The topological polar surface area (TPSA) is 98.3 Å². The van der Waals surface area contributed by atoms with Crippen LogP contribution in [0.15, 0.2) is 28.4 Å². The first-order chi connectivity index (χ1) is 12.2. The predicted molar refractivity (Wildman–Crippen MR) is 96.4 cm³/mol. The maximum atomic E-state index is 12.2. The number of likely N-dealkylation sites (tertiary alicyclic amines) is 1. The molecule has 3 heterocycles. The highest BCUT2D eigenvalue weighted by Crippen LogP contribution is 2.25.